The second-order valence-corrected chi connectivity index (χ2v) is 4.89. The SMILES string of the molecule is O=C(O)C(Nc1ccc(Br)cc1)c1ccc(F)cc1. The van der Waals surface area contributed by atoms with E-state index in [9.17, 15) is 14.3 Å². The molecule has 0 radical (unpaired) electrons. The zero-order valence-electron chi connectivity index (χ0n) is 9.81. The first-order valence-corrected chi connectivity index (χ1v) is 6.36. The normalized spacial score (nSPS) is 11.9. The first-order chi connectivity index (χ1) is 9.06. The van der Waals surface area contributed by atoms with E-state index in [1.165, 1.54) is 24.3 Å². The minimum Gasteiger partial charge on any atom is -0.479 e. The summed E-state index contributed by atoms with van der Waals surface area (Å²) in [5.41, 5.74) is 1.18. The van der Waals surface area contributed by atoms with E-state index in [1.54, 1.807) is 12.1 Å². The molecule has 0 saturated carbocycles. The number of carboxylic acids is 1. The number of hydrogen-bond donors (Lipinski definition) is 2. The maximum Gasteiger partial charge on any atom is 0.330 e. The first-order valence-electron chi connectivity index (χ1n) is 5.56. The fourth-order valence-electron chi connectivity index (χ4n) is 1.66. The second-order valence-electron chi connectivity index (χ2n) is 3.97. The maximum atomic E-state index is 12.8. The van der Waals surface area contributed by atoms with Crippen molar-refractivity contribution in [3.63, 3.8) is 0 Å². The van der Waals surface area contributed by atoms with Crippen molar-refractivity contribution < 1.29 is 14.3 Å². The van der Waals surface area contributed by atoms with Gasteiger partial charge < -0.3 is 10.4 Å². The number of carboxylic acid groups (broad SMARTS) is 1. The van der Waals surface area contributed by atoms with Crippen LogP contribution in [0.15, 0.2) is 53.0 Å². The van der Waals surface area contributed by atoms with Gasteiger partial charge in [0, 0.05) is 10.2 Å². The summed E-state index contributed by atoms with van der Waals surface area (Å²) in [5.74, 6) is -1.41. The molecule has 2 aromatic rings. The Morgan fingerprint density at radius 1 is 1.11 bits per heavy atom. The Bertz CT molecular complexity index is 569. The number of carbonyl (C=O) groups is 1. The Balaban J connectivity index is 2.23. The minimum atomic E-state index is -1.02. The highest BCUT2D eigenvalue weighted by Crippen LogP contribution is 2.22. The van der Waals surface area contributed by atoms with Gasteiger partial charge in [-0.05, 0) is 42.0 Å². The molecular formula is C14H11BrFNO2. The number of nitrogens with one attached hydrogen (secondary N) is 1. The Kier molecular flexibility index (Phi) is 4.16. The van der Waals surface area contributed by atoms with Crippen molar-refractivity contribution in [2.75, 3.05) is 5.32 Å². The maximum absolute atomic E-state index is 12.8. The van der Waals surface area contributed by atoms with Gasteiger partial charge in [-0.1, -0.05) is 28.1 Å². The molecule has 0 fully saturated rings. The number of benzene rings is 2. The van der Waals surface area contributed by atoms with Gasteiger partial charge in [0.25, 0.3) is 0 Å². The topological polar surface area (TPSA) is 49.3 Å². The van der Waals surface area contributed by atoms with E-state index in [4.69, 9.17) is 0 Å². The number of hydrogen-bond acceptors (Lipinski definition) is 2. The standard InChI is InChI=1S/C14H11BrFNO2/c15-10-3-7-12(8-4-10)17-13(14(18)19)9-1-5-11(16)6-2-9/h1-8,13,17H,(H,18,19). The van der Waals surface area contributed by atoms with Crippen LogP contribution in [0.2, 0.25) is 0 Å². The van der Waals surface area contributed by atoms with E-state index in [0.29, 0.717) is 11.3 Å². The van der Waals surface area contributed by atoms with E-state index >= 15 is 0 Å². The Morgan fingerprint density at radius 2 is 1.68 bits per heavy atom. The molecule has 2 N–H and O–H groups in total. The van der Waals surface area contributed by atoms with Gasteiger partial charge in [0.05, 0.1) is 0 Å². The van der Waals surface area contributed by atoms with Crippen molar-refractivity contribution in [2.45, 2.75) is 6.04 Å². The van der Waals surface area contributed by atoms with Crippen LogP contribution in [0, 0.1) is 5.82 Å². The predicted molar refractivity (Wildman–Crippen MR) is 74.5 cm³/mol. The predicted octanol–water partition coefficient (Wildman–Crippen LogP) is 3.83. The molecule has 2 rings (SSSR count). The van der Waals surface area contributed by atoms with Gasteiger partial charge in [0.2, 0.25) is 0 Å². The molecule has 0 aliphatic rings. The van der Waals surface area contributed by atoms with Crippen LogP contribution < -0.4 is 5.32 Å². The first kappa shape index (κ1) is 13.5. The Morgan fingerprint density at radius 3 is 2.21 bits per heavy atom. The van der Waals surface area contributed by atoms with Crippen LogP contribution in [0.4, 0.5) is 10.1 Å². The molecule has 5 heteroatoms. The third kappa shape index (κ3) is 3.54. The zero-order valence-corrected chi connectivity index (χ0v) is 11.4. The van der Waals surface area contributed by atoms with Crippen molar-refractivity contribution in [2.24, 2.45) is 0 Å². The van der Waals surface area contributed by atoms with E-state index in [1.807, 2.05) is 12.1 Å². The highest BCUT2D eigenvalue weighted by atomic mass is 79.9. The Labute approximate surface area is 118 Å². The summed E-state index contributed by atoms with van der Waals surface area (Å²) < 4.78 is 13.8. The van der Waals surface area contributed by atoms with Crippen LogP contribution in [-0.4, -0.2) is 11.1 Å². The molecule has 19 heavy (non-hydrogen) atoms. The van der Waals surface area contributed by atoms with Gasteiger partial charge in [0.15, 0.2) is 6.04 Å². The van der Waals surface area contributed by atoms with E-state index < -0.39 is 17.8 Å². The lowest BCUT2D eigenvalue weighted by molar-refractivity contribution is -0.138. The van der Waals surface area contributed by atoms with E-state index in [2.05, 4.69) is 21.2 Å². The highest BCUT2D eigenvalue weighted by molar-refractivity contribution is 9.10. The molecule has 0 bridgehead atoms. The third-order valence-electron chi connectivity index (χ3n) is 2.61. The summed E-state index contributed by atoms with van der Waals surface area (Å²) in [7, 11) is 0. The van der Waals surface area contributed by atoms with Gasteiger partial charge >= 0.3 is 5.97 Å². The van der Waals surface area contributed by atoms with Gasteiger partial charge in [0.1, 0.15) is 5.82 Å². The van der Waals surface area contributed by atoms with Crippen LogP contribution >= 0.6 is 15.9 Å². The quantitative estimate of drug-likeness (QED) is 0.899. The number of anilines is 1. The molecule has 2 aromatic carbocycles. The Hall–Kier alpha value is -1.88. The molecule has 1 atom stereocenters. The third-order valence-corrected chi connectivity index (χ3v) is 3.13. The lowest BCUT2D eigenvalue weighted by Gasteiger charge is -2.16. The van der Waals surface area contributed by atoms with Crippen LogP contribution in [0.25, 0.3) is 0 Å². The average Bonchev–Trinajstić information content (AvgIpc) is 2.39. The van der Waals surface area contributed by atoms with Crippen molar-refractivity contribution in [3.8, 4) is 0 Å². The van der Waals surface area contributed by atoms with Crippen LogP contribution in [0.3, 0.4) is 0 Å². The van der Waals surface area contributed by atoms with Crippen molar-refractivity contribution in [1.82, 2.24) is 0 Å². The van der Waals surface area contributed by atoms with Crippen LogP contribution in [0.5, 0.6) is 0 Å². The molecule has 0 aliphatic carbocycles. The lowest BCUT2D eigenvalue weighted by Crippen LogP contribution is -2.20. The smallest absolute Gasteiger partial charge is 0.330 e. The van der Waals surface area contributed by atoms with Gasteiger partial charge in [-0.3, -0.25) is 0 Å². The summed E-state index contributed by atoms with van der Waals surface area (Å²) in [5, 5.41) is 12.1. The van der Waals surface area contributed by atoms with Gasteiger partial charge in [-0.15, -0.1) is 0 Å². The molecule has 98 valence electrons. The van der Waals surface area contributed by atoms with E-state index in [0.717, 1.165) is 4.47 Å². The second kappa shape index (κ2) is 5.84. The summed E-state index contributed by atoms with van der Waals surface area (Å²) in [6.45, 7) is 0. The van der Waals surface area contributed by atoms with Crippen LogP contribution in [0.1, 0.15) is 11.6 Å². The summed E-state index contributed by atoms with van der Waals surface area (Å²) in [4.78, 5) is 11.3. The van der Waals surface area contributed by atoms with Crippen LogP contribution in [-0.2, 0) is 4.79 Å². The molecule has 1 unspecified atom stereocenters. The number of rotatable bonds is 4. The number of aliphatic carboxylic acids is 1. The monoisotopic (exact) mass is 323 g/mol. The molecular weight excluding hydrogens is 313 g/mol. The highest BCUT2D eigenvalue weighted by Gasteiger charge is 2.19. The average molecular weight is 324 g/mol. The summed E-state index contributed by atoms with van der Waals surface area (Å²) in [6.07, 6.45) is 0. The summed E-state index contributed by atoms with van der Waals surface area (Å²) in [6, 6.07) is 11.6. The lowest BCUT2D eigenvalue weighted by atomic mass is 10.1. The largest absolute Gasteiger partial charge is 0.479 e. The molecule has 0 spiro atoms. The minimum absolute atomic E-state index is 0.392. The van der Waals surface area contributed by atoms with Crippen molar-refractivity contribution in [1.29, 1.82) is 0 Å². The molecule has 0 saturated heterocycles. The van der Waals surface area contributed by atoms with Gasteiger partial charge in [-0.2, -0.15) is 0 Å². The fourth-order valence-corrected chi connectivity index (χ4v) is 1.92. The molecule has 0 aliphatic heterocycles. The number of halogens is 2. The molecule has 3 nitrogen and oxygen atoms in total. The van der Waals surface area contributed by atoms with Gasteiger partial charge in [-0.25, -0.2) is 9.18 Å². The van der Waals surface area contributed by atoms with Crippen molar-refractivity contribution in [3.05, 3.63) is 64.4 Å². The summed E-state index contributed by atoms with van der Waals surface area (Å²) >= 11 is 3.31. The molecule has 0 amide bonds. The zero-order chi connectivity index (χ0) is 13.8. The fraction of sp³-hybridized carbons (Fsp3) is 0.0714. The van der Waals surface area contributed by atoms with Crippen molar-refractivity contribution >= 4 is 27.6 Å². The molecule has 0 aromatic heterocycles. The molecule has 0 heterocycles. The van der Waals surface area contributed by atoms with E-state index in [-0.39, 0.29) is 0 Å².